The van der Waals surface area contributed by atoms with Crippen molar-refractivity contribution in [2.45, 2.75) is 19.3 Å². The average molecular weight is 285 g/mol. The van der Waals surface area contributed by atoms with Gasteiger partial charge in [0.2, 0.25) is 5.91 Å². The Kier molecular flexibility index (Phi) is 3.60. The minimum atomic E-state index is -0.456. The maximum absolute atomic E-state index is 13.4. The van der Waals surface area contributed by atoms with Gasteiger partial charge in [0.05, 0.1) is 5.69 Å². The number of para-hydroxylation sites is 1. The van der Waals surface area contributed by atoms with Crippen LogP contribution in [0.1, 0.15) is 30.8 Å². The van der Waals surface area contributed by atoms with Gasteiger partial charge in [-0.15, -0.1) is 0 Å². The van der Waals surface area contributed by atoms with Crippen molar-refractivity contribution in [1.29, 1.82) is 0 Å². The summed E-state index contributed by atoms with van der Waals surface area (Å²) in [6.45, 7) is 2.19. The normalized spacial score (nSPS) is 20.7. The maximum atomic E-state index is 13.4. The summed E-state index contributed by atoms with van der Waals surface area (Å²) in [5.74, 6) is 1.95. The fourth-order valence-electron chi connectivity index (χ4n) is 2.27. The standard InChI is InChI=1S/C17H16FNO2/c1-11-10-13(11)16-8-6-12(21-16)7-9-17(20)19-15-5-3-2-4-14(15)18/h2-9,11,13H,10H2,1H3,(H,19,20)/b9-7+. The Morgan fingerprint density at radius 2 is 2.10 bits per heavy atom. The molecule has 1 fully saturated rings. The molecular weight excluding hydrogens is 269 g/mol. The van der Waals surface area contributed by atoms with Gasteiger partial charge >= 0.3 is 0 Å². The molecular formula is C17H16FNO2. The van der Waals surface area contributed by atoms with Crippen molar-refractivity contribution in [1.82, 2.24) is 0 Å². The Morgan fingerprint density at radius 3 is 2.81 bits per heavy atom. The summed E-state index contributed by atoms with van der Waals surface area (Å²) in [6, 6.07) is 9.84. The van der Waals surface area contributed by atoms with E-state index in [2.05, 4.69) is 12.2 Å². The molecule has 1 amide bonds. The van der Waals surface area contributed by atoms with Crippen molar-refractivity contribution >= 4 is 17.7 Å². The highest BCUT2D eigenvalue weighted by atomic mass is 19.1. The van der Waals surface area contributed by atoms with E-state index >= 15 is 0 Å². The molecule has 0 saturated heterocycles. The zero-order chi connectivity index (χ0) is 14.8. The van der Waals surface area contributed by atoms with Gasteiger partial charge in [0, 0.05) is 12.0 Å². The lowest BCUT2D eigenvalue weighted by Crippen LogP contribution is -2.08. The van der Waals surface area contributed by atoms with Crippen LogP contribution in [0.4, 0.5) is 10.1 Å². The van der Waals surface area contributed by atoms with E-state index in [-0.39, 0.29) is 5.69 Å². The largest absolute Gasteiger partial charge is 0.461 e. The van der Waals surface area contributed by atoms with Gasteiger partial charge < -0.3 is 9.73 Å². The molecule has 0 radical (unpaired) electrons. The number of benzene rings is 1. The fourth-order valence-corrected chi connectivity index (χ4v) is 2.27. The van der Waals surface area contributed by atoms with Crippen LogP contribution in [-0.2, 0) is 4.79 Å². The van der Waals surface area contributed by atoms with Crippen LogP contribution in [0.3, 0.4) is 0 Å². The number of nitrogens with one attached hydrogen (secondary N) is 1. The molecule has 1 N–H and O–H groups in total. The predicted octanol–water partition coefficient (Wildman–Crippen LogP) is 4.19. The summed E-state index contributed by atoms with van der Waals surface area (Å²) in [7, 11) is 0. The number of anilines is 1. The van der Waals surface area contributed by atoms with E-state index in [0.29, 0.717) is 17.6 Å². The molecule has 0 spiro atoms. The van der Waals surface area contributed by atoms with E-state index in [9.17, 15) is 9.18 Å². The van der Waals surface area contributed by atoms with Crippen LogP contribution in [0.2, 0.25) is 0 Å². The number of amides is 1. The van der Waals surface area contributed by atoms with E-state index in [4.69, 9.17) is 4.42 Å². The molecule has 2 aromatic rings. The van der Waals surface area contributed by atoms with Gasteiger partial charge in [-0.2, -0.15) is 0 Å². The Labute approximate surface area is 122 Å². The van der Waals surface area contributed by atoms with Crippen LogP contribution in [0.5, 0.6) is 0 Å². The van der Waals surface area contributed by atoms with Crippen LogP contribution in [0.15, 0.2) is 46.9 Å². The van der Waals surface area contributed by atoms with Gasteiger partial charge in [0.1, 0.15) is 17.3 Å². The molecule has 3 nitrogen and oxygen atoms in total. The van der Waals surface area contributed by atoms with Crippen molar-refractivity contribution in [3.63, 3.8) is 0 Å². The first-order valence-electron chi connectivity index (χ1n) is 6.97. The molecule has 1 heterocycles. The van der Waals surface area contributed by atoms with E-state index in [1.54, 1.807) is 18.2 Å². The summed E-state index contributed by atoms with van der Waals surface area (Å²) in [4.78, 5) is 11.7. The van der Waals surface area contributed by atoms with E-state index in [1.165, 1.54) is 18.2 Å². The molecule has 2 unspecified atom stereocenters. The summed E-state index contributed by atoms with van der Waals surface area (Å²) < 4.78 is 19.1. The SMILES string of the molecule is CC1CC1c1ccc(/C=C/C(=O)Nc2ccccc2F)o1. The molecule has 3 rings (SSSR count). The van der Waals surface area contributed by atoms with Crippen LogP contribution in [0, 0.1) is 11.7 Å². The number of carbonyl (C=O) groups is 1. The molecule has 0 bridgehead atoms. The second-order valence-electron chi connectivity index (χ2n) is 5.36. The summed E-state index contributed by atoms with van der Waals surface area (Å²) in [5, 5.41) is 2.49. The Morgan fingerprint density at radius 1 is 1.33 bits per heavy atom. The molecule has 1 aromatic heterocycles. The topological polar surface area (TPSA) is 42.2 Å². The molecule has 1 aliphatic carbocycles. The van der Waals surface area contributed by atoms with E-state index in [1.807, 2.05) is 12.1 Å². The molecule has 2 atom stereocenters. The van der Waals surface area contributed by atoms with Crippen LogP contribution in [0.25, 0.3) is 6.08 Å². The zero-order valence-corrected chi connectivity index (χ0v) is 11.7. The summed E-state index contributed by atoms with van der Waals surface area (Å²) in [6.07, 6.45) is 4.09. The highest BCUT2D eigenvalue weighted by molar-refractivity contribution is 6.01. The molecule has 0 aliphatic heterocycles. The molecule has 1 aromatic carbocycles. The molecule has 108 valence electrons. The van der Waals surface area contributed by atoms with Gasteiger partial charge in [0.15, 0.2) is 0 Å². The van der Waals surface area contributed by atoms with Crippen molar-refractivity contribution in [2.24, 2.45) is 5.92 Å². The average Bonchev–Trinajstić information content (AvgIpc) is 3.01. The lowest BCUT2D eigenvalue weighted by Gasteiger charge is -2.02. The monoisotopic (exact) mass is 285 g/mol. The number of carbonyl (C=O) groups excluding carboxylic acids is 1. The third-order valence-electron chi connectivity index (χ3n) is 3.65. The molecule has 21 heavy (non-hydrogen) atoms. The van der Waals surface area contributed by atoms with Crippen molar-refractivity contribution < 1.29 is 13.6 Å². The van der Waals surface area contributed by atoms with Gasteiger partial charge in [-0.25, -0.2) is 4.39 Å². The number of halogens is 1. The quantitative estimate of drug-likeness (QED) is 0.856. The Balaban J connectivity index is 1.62. The van der Waals surface area contributed by atoms with E-state index in [0.717, 1.165) is 12.2 Å². The third-order valence-corrected chi connectivity index (χ3v) is 3.65. The first-order chi connectivity index (χ1) is 10.1. The lowest BCUT2D eigenvalue weighted by atomic mass is 10.3. The lowest BCUT2D eigenvalue weighted by molar-refractivity contribution is -0.111. The third kappa shape index (κ3) is 3.21. The number of hydrogen-bond acceptors (Lipinski definition) is 2. The second kappa shape index (κ2) is 5.56. The molecule has 1 aliphatic rings. The minimum Gasteiger partial charge on any atom is -0.461 e. The van der Waals surface area contributed by atoms with Gasteiger partial charge in [-0.3, -0.25) is 4.79 Å². The second-order valence-corrected chi connectivity index (χ2v) is 5.36. The smallest absolute Gasteiger partial charge is 0.248 e. The number of furan rings is 1. The van der Waals surface area contributed by atoms with Gasteiger partial charge in [-0.1, -0.05) is 19.1 Å². The van der Waals surface area contributed by atoms with Crippen molar-refractivity contribution in [2.75, 3.05) is 5.32 Å². The summed E-state index contributed by atoms with van der Waals surface area (Å²) in [5.41, 5.74) is 0.166. The first-order valence-corrected chi connectivity index (χ1v) is 6.97. The van der Waals surface area contributed by atoms with Gasteiger partial charge in [0.25, 0.3) is 0 Å². The first kappa shape index (κ1) is 13.6. The Hall–Kier alpha value is -2.36. The number of hydrogen-bond donors (Lipinski definition) is 1. The van der Waals surface area contributed by atoms with E-state index < -0.39 is 11.7 Å². The highest BCUT2D eigenvalue weighted by Gasteiger charge is 2.36. The van der Waals surface area contributed by atoms with Crippen LogP contribution < -0.4 is 5.32 Å². The van der Waals surface area contributed by atoms with Crippen molar-refractivity contribution in [3.8, 4) is 0 Å². The maximum Gasteiger partial charge on any atom is 0.248 e. The fraction of sp³-hybridized carbons (Fsp3) is 0.235. The van der Waals surface area contributed by atoms with Gasteiger partial charge in [-0.05, 0) is 42.7 Å². The summed E-state index contributed by atoms with van der Waals surface area (Å²) >= 11 is 0. The minimum absolute atomic E-state index is 0.166. The molecule has 1 saturated carbocycles. The van der Waals surface area contributed by atoms with Crippen LogP contribution in [-0.4, -0.2) is 5.91 Å². The molecule has 4 heteroatoms. The number of rotatable bonds is 4. The predicted molar refractivity (Wildman–Crippen MR) is 79.3 cm³/mol. The van der Waals surface area contributed by atoms with Crippen molar-refractivity contribution in [3.05, 3.63) is 59.8 Å². The Bertz CT molecular complexity index is 690. The van der Waals surface area contributed by atoms with Crippen LogP contribution >= 0.6 is 0 Å². The zero-order valence-electron chi connectivity index (χ0n) is 11.7. The highest BCUT2D eigenvalue weighted by Crippen LogP contribution is 2.47.